The van der Waals surface area contributed by atoms with Crippen molar-refractivity contribution in [2.45, 2.75) is 33.1 Å². The summed E-state index contributed by atoms with van der Waals surface area (Å²) in [4.78, 5) is 9.89. The van der Waals surface area contributed by atoms with Gasteiger partial charge in [0, 0.05) is 29.7 Å². The second-order valence-electron chi connectivity index (χ2n) is 5.29. The number of anilines is 1. The Morgan fingerprint density at radius 1 is 1.41 bits per heavy atom. The van der Waals surface area contributed by atoms with Crippen molar-refractivity contribution in [2.24, 2.45) is 10.7 Å². The van der Waals surface area contributed by atoms with E-state index in [0.29, 0.717) is 18.4 Å². The first-order valence-electron chi connectivity index (χ1n) is 7.13. The average Bonchev–Trinajstić information content (AvgIpc) is 2.84. The quantitative estimate of drug-likeness (QED) is 0.425. The van der Waals surface area contributed by atoms with Gasteiger partial charge in [-0.2, -0.15) is 0 Å². The van der Waals surface area contributed by atoms with E-state index < -0.39 is 0 Å². The number of hydrogen-bond acceptors (Lipinski definition) is 3. The van der Waals surface area contributed by atoms with Gasteiger partial charge in [-0.1, -0.05) is 26.0 Å². The topological polar surface area (TPSA) is 63.3 Å². The number of nitrogens with zero attached hydrogens (tertiary/aromatic N) is 2. The summed E-state index contributed by atoms with van der Waals surface area (Å²) in [6.45, 7) is 7.05. The van der Waals surface area contributed by atoms with E-state index in [1.165, 1.54) is 10.4 Å². The molecule has 0 aliphatic rings. The van der Waals surface area contributed by atoms with Crippen LogP contribution in [0.1, 0.15) is 35.2 Å². The first-order chi connectivity index (χ1) is 10.0. The van der Waals surface area contributed by atoms with Crippen LogP contribution >= 0.6 is 35.3 Å². The normalized spacial score (nSPS) is 11.4. The van der Waals surface area contributed by atoms with Gasteiger partial charge in [0.2, 0.25) is 0 Å². The van der Waals surface area contributed by atoms with Gasteiger partial charge in [-0.25, -0.2) is 4.98 Å². The zero-order valence-corrected chi connectivity index (χ0v) is 16.3. The van der Waals surface area contributed by atoms with E-state index in [4.69, 9.17) is 5.73 Å². The molecule has 3 N–H and O–H groups in total. The molecule has 0 aliphatic carbocycles. The van der Waals surface area contributed by atoms with Crippen LogP contribution in [0.2, 0.25) is 0 Å². The van der Waals surface area contributed by atoms with E-state index in [1.807, 2.05) is 18.3 Å². The molecule has 1 aromatic heterocycles. The van der Waals surface area contributed by atoms with Crippen LogP contribution in [0.15, 0.2) is 35.5 Å². The molecular formula is C16H23IN4S. The molecule has 6 heteroatoms. The number of thiazole rings is 1. The highest BCUT2D eigenvalue weighted by atomic mass is 127. The van der Waals surface area contributed by atoms with E-state index in [2.05, 4.69) is 48.2 Å². The minimum atomic E-state index is 0. The lowest BCUT2D eigenvalue weighted by molar-refractivity contribution is 0.867. The molecule has 0 saturated heterocycles. The van der Waals surface area contributed by atoms with E-state index in [0.717, 1.165) is 17.1 Å². The van der Waals surface area contributed by atoms with Gasteiger partial charge in [-0.3, -0.25) is 4.99 Å². The van der Waals surface area contributed by atoms with Gasteiger partial charge < -0.3 is 11.1 Å². The molecule has 120 valence electrons. The van der Waals surface area contributed by atoms with E-state index >= 15 is 0 Å². The summed E-state index contributed by atoms with van der Waals surface area (Å²) in [7, 11) is 0. The number of rotatable bonds is 5. The summed E-state index contributed by atoms with van der Waals surface area (Å²) < 4.78 is 0. The third-order valence-electron chi connectivity index (χ3n) is 3.10. The Labute approximate surface area is 153 Å². The van der Waals surface area contributed by atoms with Gasteiger partial charge in [0.25, 0.3) is 0 Å². The molecule has 0 amide bonds. The number of benzene rings is 1. The van der Waals surface area contributed by atoms with Gasteiger partial charge in [-0.15, -0.1) is 35.3 Å². The summed E-state index contributed by atoms with van der Waals surface area (Å²) in [5.41, 5.74) is 8.19. The fourth-order valence-electron chi connectivity index (χ4n) is 1.95. The molecule has 0 aliphatic heterocycles. The number of guanidine groups is 1. The third kappa shape index (κ3) is 5.92. The van der Waals surface area contributed by atoms with Crippen LogP contribution in [-0.4, -0.2) is 17.5 Å². The Kier molecular flexibility index (Phi) is 7.81. The molecule has 1 aromatic carbocycles. The maximum absolute atomic E-state index is 5.92. The van der Waals surface area contributed by atoms with Crippen LogP contribution < -0.4 is 11.1 Å². The fraction of sp³-hybridized carbons (Fsp3) is 0.375. The number of aliphatic imine (C=N–C) groups is 1. The van der Waals surface area contributed by atoms with Crippen LogP contribution in [0.25, 0.3) is 0 Å². The summed E-state index contributed by atoms with van der Waals surface area (Å²) in [6.07, 6.45) is 2.72. The number of halogens is 1. The molecule has 0 radical (unpaired) electrons. The van der Waals surface area contributed by atoms with Gasteiger partial charge in [0.05, 0.1) is 5.01 Å². The molecule has 4 nitrogen and oxygen atoms in total. The van der Waals surface area contributed by atoms with Crippen molar-refractivity contribution in [3.63, 3.8) is 0 Å². The average molecular weight is 430 g/mol. The second-order valence-corrected chi connectivity index (χ2v) is 6.61. The molecule has 0 fully saturated rings. The second kappa shape index (κ2) is 9.09. The van der Waals surface area contributed by atoms with Gasteiger partial charge >= 0.3 is 0 Å². The fourth-order valence-corrected chi connectivity index (χ4v) is 2.73. The molecular weight excluding hydrogens is 407 g/mol. The lowest BCUT2D eigenvalue weighted by atomic mass is 10.0. The largest absolute Gasteiger partial charge is 0.370 e. The lowest BCUT2D eigenvalue weighted by Gasteiger charge is -2.09. The van der Waals surface area contributed by atoms with Crippen molar-refractivity contribution in [3.05, 3.63) is 45.9 Å². The highest BCUT2D eigenvalue weighted by Gasteiger charge is 2.02. The van der Waals surface area contributed by atoms with Crippen molar-refractivity contribution in [2.75, 3.05) is 11.9 Å². The van der Waals surface area contributed by atoms with Crippen LogP contribution in [-0.2, 0) is 6.42 Å². The molecule has 22 heavy (non-hydrogen) atoms. The number of nitrogens with two attached hydrogens (primary N) is 1. The SMILES string of the molecule is Cc1cnc(CCN=C(N)Nc2cccc(C(C)C)c2)s1.I. The summed E-state index contributed by atoms with van der Waals surface area (Å²) in [6, 6.07) is 8.26. The van der Waals surface area contributed by atoms with Crippen molar-refractivity contribution >= 4 is 47.0 Å². The minimum Gasteiger partial charge on any atom is -0.370 e. The molecule has 0 unspecified atom stereocenters. The molecule has 2 rings (SSSR count). The Morgan fingerprint density at radius 2 is 2.18 bits per heavy atom. The lowest BCUT2D eigenvalue weighted by Crippen LogP contribution is -2.23. The molecule has 0 saturated carbocycles. The number of hydrogen-bond donors (Lipinski definition) is 2. The van der Waals surface area contributed by atoms with E-state index in [1.54, 1.807) is 11.3 Å². The zero-order valence-electron chi connectivity index (χ0n) is 13.2. The number of aryl methyl sites for hydroxylation is 1. The molecule has 0 atom stereocenters. The van der Waals surface area contributed by atoms with Crippen molar-refractivity contribution in [3.8, 4) is 0 Å². The van der Waals surface area contributed by atoms with Crippen LogP contribution in [0.4, 0.5) is 5.69 Å². The highest BCUT2D eigenvalue weighted by molar-refractivity contribution is 14.0. The van der Waals surface area contributed by atoms with Gasteiger partial charge in [0.15, 0.2) is 5.96 Å². The maximum atomic E-state index is 5.92. The molecule has 0 spiro atoms. The van der Waals surface area contributed by atoms with Gasteiger partial charge in [0.1, 0.15) is 0 Å². The van der Waals surface area contributed by atoms with Crippen molar-refractivity contribution < 1.29 is 0 Å². The van der Waals surface area contributed by atoms with E-state index in [9.17, 15) is 0 Å². The monoisotopic (exact) mass is 430 g/mol. The Morgan fingerprint density at radius 3 is 2.82 bits per heavy atom. The summed E-state index contributed by atoms with van der Waals surface area (Å²) in [5.74, 6) is 0.947. The maximum Gasteiger partial charge on any atom is 0.193 e. The molecule has 0 bridgehead atoms. The smallest absolute Gasteiger partial charge is 0.193 e. The van der Waals surface area contributed by atoms with Gasteiger partial charge in [-0.05, 0) is 30.5 Å². The summed E-state index contributed by atoms with van der Waals surface area (Å²) >= 11 is 1.71. The van der Waals surface area contributed by atoms with Crippen LogP contribution in [0, 0.1) is 6.92 Å². The predicted octanol–water partition coefficient (Wildman–Crippen LogP) is 4.16. The van der Waals surface area contributed by atoms with Crippen molar-refractivity contribution in [1.29, 1.82) is 0 Å². The zero-order chi connectivity index (χ0) is 15.2. The highest BCUT2D eigenvalue weighted by Crippen LogP contribution is 2.18. The molecule has 1 heterocycles. The summed E-state index contributed by atoms with van der Waals surface area (Å²) in [5, 5.41) is 4.24. The standard InChI is InChI=1S/C16H22N4S.HI/c1-11(2)13-5-4-6-14(9-13)20-16(17)18-8-7-15-19-10-12(3)21-15;/h4-6,9-11H,7-8H2,1-3H3,(H3,17,18,20);1H. The van der Waals surface area contributed by atoms with Crippen LogP contribution in [0.3, 0.4) is 0 Å². The van der Waals surface area contributed by atoms with E-state index in [-0.39, 0.29) is 24.0 Å². The minimum absolute atomic E-state index is 0. The third-order valence-corrected chi connectivity index (χ3v) is 4.08. The number of nitrogens with one attached hydrogen (secondary N) is 1. The van der Waals surface area contributed by atoms with Crippen molar-refractivity contribution in [1.82, 2.24) is 4.98 Å². The Hall–Kier alpha value is -1.15. The molecule has 2 aromatic rings. The first kappa shape index (κ1) is 18.9. The van der Waals surface area contributed by atoms with Crippen LogP contribution in [0.5, 0.6) is 0 Å². The Bertz CT molecular complexity index is 622. The number of aromatic nitrogens is 1. The first-order valence-corrected chi connectivity index (χ1v) is 7.94. The predicted molar refractivity (Wildman–Crippen MR) is 107 cm³/mol. The Balaban J connectivity index is 0.00000242.